The molecule has 2 aromatic carbocycles. The second-order valence-electron chi connectivity index (χ2n) is 7.64. The molecule has 0 fully saturated rings. The topological polar surface area (TPSA) is 135 Å². The Bertz CT molecular complexity index is 1380. The quantitative estimate of drug-likeness (QED) is 0.518. The molecule has 0 saturated carbocycles. The van der Waals surface area contributed by atoms with Gasteiger partial charge in [-0.15, -0.1) is 0 Å². The molecular weight excluding hydrogens is 444 g/mol. The molecule has 0 spiro atoms. The fourth-order valence-electron chi connectivity index (χ4n) is 3.51. The van der Waals surface area contributed by atoms with E-state index in [4.69, 9.17) is 5.73 Å². The van der Waals surface area contributed by atoms with Crippen LogP contribution in [0.25, 0.3) is 0 Å². The molecule has 0 radical (unpaired) electrons. The van der Waals surface area contributed by atoms with E-state index >= 15 is 0 Å². The van der Waals surface area contributed by atoms with Gasteiger partial charge in [-0.05, 0) is 24.1 Å². The predicted molar refractivity (Wildman–Crippen MR) is 127 cm³/mol. The zero-order valence-electron chi connectivity index (χ0n) is 18.4. The molecule has 3 N–H and O–H groups in total. The average molecular weight is 471 g/mol. The van der Waals surface area contributed by atoms with Gasteiger partial charge in [0.25, 0.3) is 11.5 Å². The number of sulfone groups is 1. The van der Waals surface area contributed by atoms with Crippen LogP contribution in [0.3, 0.4) is 0 Å². The first-order valence-electron chi connectivity index (χ1n) is 10.4. The summed E-state index contributed by atoms with van der Waals surface area (Å²) in [6.07, 6.45) is 2.43. The Labute approximate surface area is 191 Å². The van der Waals surface area contributed by atoms with Gasteiger partial charge in [-0.2, -0.15) is 0 Å². The Kier molecular flexibility index (Phi) is 7.17. The molecule has 1 heterocycles. The number of unbranched alkanes of at least 4 members (excludes halogenated alkanes) is 1. The normalized spacial score (nSPS) is 11.3. The SMILES string of the molecule is CCCCn1c(N)c(N(Cc2ccccc2)C(=O)c2ccccc2S(C)(=O)=O)c(=O)[nH]c1=O. The average Bonchev–Trinajstić information content (AvgIpc) is 2.78. The minimum atomic E-state index is -3.73. The van der Waals surface area contributed by atoms with Crippen molar-refractivity contribution in [1.82, 2.24) is 9.55 Å². The van der Waals surface area contributed by atoms with E-state index in [-0.39, 0.29) is 35.1 Å². The van der Waals surface area contributed by atoms with Crippen molar-refractivity contribution in [3.8, 4) is 0 Å². The molecule has 33 heavy (non-hydrogen) atoms. The molecule has 174 valence electrons. The van der Waals surface area contributed by atoms with Crippen LogP contribution < -0.4 is 21.9 Å². The Morgan fingerprint density at radius 2 is 1.70 bits per heavy atom. The van der Waals surface area contributed by atoms with Crippen molar-refractivity contribution in [3.05, 3.63) is 86.6 Å². The summed E-state index contributed by atoms with van der Waals surface area (Å²) in [4.78, 5) is 42.1. The number of aromatic amines is 1. The van der Waals surface area contributed by atoms with Crippen molar-refractivity contribution >= 4 is 27.2 Å². The highest BCUT2D eigenvalue weighted by Crippen LogP contribution is 2.25. The van der Waals surface area contributed by atoms with E-state index in [1.165, 1.54) is 22.8 Å². The Balaban J connectivity index is 2.24. The van der Waals surface area contributed by atoms with Crippen molar-refractivity contribution in [3.63, 3.8) is 0 Å². The molecule has 0 aliphatic heterocycles. The highest BCUT2D eigenvalue weighted by Gasteiger charge is 2.28. The van der Waals surface area contributed by atoms with Gasteiger partial charge in [-0.3, -0.25) is 24.0 Å². The Hall–Kier alpha value is -3.66. The summed E-state index contributed by atoms with van der Waals surface area (Å²) in [5.74, 6) is -0.879. The summed E-state index contributed by atoms with van der Waals surface area (Å²) in [6, 6.07) is 14.7. The van der Waals surface area contributed by atoms with Gasteiger partial charge in [0.1, 0.15) is 5.82 Å². The number of anilines is 2. The van der Waals surface area contributed by atoms with Crippen molar-refractivity contribution in [2.45, 2.75) is 37.8 Å². The number of benzene rings is 2. The van der Waals surface area contributed by atoms with Gasteiger partial charge < -0.3 is 5.73 Å². The predicted octanol–water partition coefficient (Wildman–Crippen LogP) is 2.17. The van der Waals surface area contributed by atoms with Gasteiger partial charge in [0.15, 0.2) is 15.5 Å². The maximum atomic E-state index is 13.7. The minimum absolute atomic E-state index is 0.0585. The molecule has 0 unspecified atom stereocenters. The lowest BCUT2D eigenvalue weighted by atomic mass is 10.1. The van der Waals surface area contributed by atoms with Crippen LogP contribution in [0, 0.1) is 0 Å². The monoisotopic (exact) mass is 470 g/mol. The Morgan fingerprint density at radius 3 is 2.33 bits per heavy atom. The third-order valence-electron chi connectivity index (χ3n) is 5.16. The number of aromatic nitrogens is 2. The van der Waals surface area contributed by atoms with Crippen molar-refractivity contribution in [2.24, 2.45) is 0 Å². The van der Waals surface area contributed by atoms with Gasteiger partial charge in [-0.25, -0.2) is 13.2 Å². The van der Waals surface area contributed by atoms with Crippen LogP contribution in [-0.4, -0.2) is 30.1 Å². The standard InChI is InChI=1S/C23H26N4O5S/c1-3-4-14-26-20(24)19(21(28)25-23(26)30)27(15-16-10-6-5-7-11-16)22(29)17-12-8-9-13-18(17)33(2,31)32/h5-13H,3-4,14-15,24H2,1-2H3,(H,25,28,30). The molecular formula is C23H26N4O5S. The summed E-state index contributed by atoms with van der Waals surface area (Å²) < 4.78 is 25.9. The van der Waals surface area contributed by atoms with Crippen LogP contribution in [0.4, 0.5) is 11.5 Å². The van der Waals surface area contributed by atoms with Gasteiger partial charge in [0.05, 0.1) is 17.0 Å². The van der Waals surface area contributed by atoms with Crippen LogP contribution in [0.2, 0.25) is 0 Å². The van der Waals surface area contributed by atoms with Crippen LogP contribution in [-0.2, 0) is 22.9 Å². The van der Waals surface area contributed by atoms with E-state index in [0.717, 1.165) is 17.6 Å². The fourth-order valence-corrected chi connectivity index (χ4v) is 4.39. The van der Waals surface area contributed by atoms with Crippen molar-refractivity contribution in [1.29, 1.82) is 0 Å². The van der Waals surface area contributed by atoms with Gasteiger partial charge >= 0.3 is 5.69 Å². The summed E-state index contributed by atoms with van der Waals surface area (Å²) in [6.45, 7) is 2.15. The Morgan fingerprint density at radius 1 is 1.06 bits per heavy atom. The van der Waals surface area contributed by atoms with Crippen LogP contribution in [0.5, 0.6) is 0 Å². The molecule has 3 rings (SSSR count). The number of carbonyl (C=O) groups excluding carboxylic acids is 1. The number of rotatable bonds is 8. The molecule has 0 aliphatic rings. The zero-order valence-corrected chi connectivity index (χ0v) is 19.3. The van der Waals surface area contributed by atoms with Crippen LogP contribution in [0.15, 0.2) is 69.1 Å². The smallest absolute Gasteiger partial charge is 0.330 e. The van der Waals surface area contributed by atoms with Crippen molar-refractivity contribution in [2.75, 3.05) is 16.9 Å². The molecule has 9 nitrogen and oxygen atoms in total. The van der Waals surface area contributed by atoms with E-state index in [2.05, 4.69) is 4.98 Å². The highest BCUT2D eigenvalue weighted by molar-refractivity contribution is 7.90. The highest BCUT2D eigenvalue weighted by atomic mass is 32.2. The molecule has 3 aromatic rings. The summed E-state index contributed by atoms with van der Waals surface area (Å²) in [5, 5.41) is 0. The maximum absolute atomic E-state index is 13.7. The van der Waals surface area contributed by atoms with E-state index in [9.17, 15) is 22.8 Å². The molecule has 0 bridgehead atoms. The van der Waals surface area contributed by atoms with Crippen LogP contribution >= 0.6 is 0 Å². The van der Waals surface area contributed by atoms with Crippen molar-refractivity contribution < 1.29 is 13.2 Å². The fraction of sp³-hybridized carbons (Fsp3) is 0.261. The number of hydrogen-bond donors (Lipinski definition) is 2. The van der Waals surface area contributed by atoms with E-state index in [1.807, 2.05) is 6.92 Å². The van der Waals surface area contributed by atoms with E-state index < -0.39 is 27.0 Å². The number of nitrogens with two attached hydrogens (primary N) is 1. The molecule has 10 heteroatoms. The first-order chi connectivity index (χ1) is 15.6. The van der Waals surface area contributed by atoms with Gasteiger partial charge in [0.2, 0.25) is 0 Å². The molecule has 0 saturated heterocycles. The second kappa shape index (κ2) is 9.86. The molecule has 1 amide bonds. The van der Waals surface area contributed by atoms with E-state index in [1.54, 1.807) is 36.4 Å². The van der Waals surface area contributed by atoms with Crippen LogP contribution in [0.1, 0.15) is 35.7 Å². The first-order valence-corrected chi connectivity index (χ1v) is 12.3. The summed E-state index contributed by atoms with van der Waals surface area (Å²) in [7, 11) is -3.73. The van der Waals surface area contributed by atoms with Gasteiger partial charge in [0, 0.05) is 12.8 Å². The zero-order chi connectivity index (χ0) is 24.2. The van der Waals surface area contributed by atoms with E-state index in [0.29, 0.717) is 12.0 Å². The number of hydrogen-bond acceptors (Lipinski definition) is 6. The number of H-pyrrole nitrogens is 1. The summed E-state index contributed by atoms with van der Waals surface area (Å²) in [5.41, 5.74) is 5.14. The second-order valence-corrected chi connectivity index (χ2v) is 9.63. The number of amides is 1. The number of nitrogens with zero attached hydrogens (tertiary/aromatic N) is 2. The number of nitrogens with one attached hydrogen (secondary N) is 1. The lowest BCUT2D eigenvalue weighted by Crippen LogP contribution is -2.41. The largest absolute Gasteiger partial charge is 0.383 e. The molecule has 0 atom stereocenters. The molecule has 1 aromatic heterocycles. The third-order valence-corrected chi connectivity index (χ3v) is 6.32. The summed E-state index contributed by atoms with van der Waals surface area (Å²) >= 11 is 0. The maximum Gasteiger partial charge on any atom is 0.330 e. The number of nitrogen functional groups attached to an aromatic ring is 1. The van der Waals surface area contributed by atoms with Gasteiger partial charge in [-0.1, -0.05) is 55.8 Å². The third kappa shape index (κ3) is 5.23. The number of carbonyl (C=O) groups is 1. The lowest BCUT2D eigenvalue weighted by molar-refractivity contribution is 0.0981. The minimum Gasteiger partial charge on any atom is -0.383 e. The first kappa shape index (κ1) is 24.0. The molecule has 0 aliphatic carbocycles. The lowest BCUT2D eigenvalue weighted by Gasteiger charge is -2.25.